The van der Waals surface area contributed by atoms with Gasteiger partial charge in [-0.3, -0.25) is 15.1 Å². The fraction of sp³-hybridized carbons (Fsp3) is 0.200. The molecule has 0 fully saturated rings. The Bertz CT molecular complexity index is 771. The molecule has 0 saturated heterocycles. The van der Waals surface area contributed by atoms with Crippen molar-refractivity contribution in [3.63, 3.8) is 0 Å². The van der Waals surface area contributed by atoms with Crippen LogP contribution in [0.1, 0.15) is 21.6 Å². The molecule has 1 heterocycles. The maximum atomic E-state index is 12.2. The normalized spacial score (nSPS) is 10.3. The van der Waals surface area contributed by atoms with Crippen LogP contribution in [0.4, 0.5) is 4.79 Å². The number of amides is 3. The number of nitrogens with zero attached hydrogens (tertiary/aromatic N) is 1. The number of fused-ring (bicyclic) bond motifs is 1. The average Bonchev–Trinajstić information content (AvgIpc) is 2.44. The van der Waals surface area contributed by atoms with Gasteiger partial charge >= 0.3 is 12.0 Å². The van der Waals surface area contributed by atoms with E-state index in [1.807, 2.05) is 29.6 Å². The molecule has 7 nitrogen and oxygen atoms in total. The van der Waals surface area contributed by atoms with Gasteiger partial charge < -0.3 is 10.5 Å². The van der Waals surface area contributed by atoms with E-state index in [4.69, 9.17) is 10.5 Å². The molecule has 3 N–H and O–H groups in total. The number of rotatable bonds is 3. The van der Waals surface area contributed by atoms with Crippen molar-refractivity contribution in [2.45, 2.75) is 13.8 Å². The van der Waals surface area contributed by atoms with E-state index in [1.54, 1.807) is 13.8 Å². The summed E-state index contributed by atoms with van der Waals surface area (Å²) in [5, 5.41) is 2.65. The minimum atomic E-state index is -0.999. The number of hydrogen-bond donors (Lipinski definition) is 2. The molecule has 0 aliphatic heterocycles. The second-order valence-corrected chi connectivity index (χ2v) is 4.70. The Morgan fingerprint density at radius 3 is 2.59 bits per heavy atom. The number of carbonyl (C=O) groups is 3. The third-order valence-corrected chi connectivity index (χ3v) is 3.13. The molecule has 0 spiro atoms. The van der Waals surface area contributed by atoms with E-state index in [9.17, 15) is 14.4 Å². The zero-order chi connectivity index (χ0) is 16.3. The lowest BCUT2D eigenvalue weighted by molar-refractivity contribution is -0.123. The van der Waals surface area contributed by atoms with Gasteiger partial charge in [0.1, 0.15) is 0 Å². The summed E-state index contributed by atoms with van der Waals surface area (Å²) in [7, 11) is 0. The highest BCUT2D eigenvalue weighted by molar-refractivity contribution is 6.00. The number of esters is 1. The van der Waals surface area contributed by atoms with Crippen LogP contribution in [0.5, 0.6) is 0 Å². The summed E-state index contributed by atoms with van der Waals surface area (Å²) in [5.74, 6) is -1.46. The monoisotopic (exact) mass is 301 g/mol. The lowest BCUT2D eigenvalue weighted by Crippen LogP contribution is -2.37. The third-order valence-electron chi connectivity index (χ3n) is 3.13. The number of aryl methyl sites for hydroxylation is 2. The molecule has 2 aromatic rings. The van der Waals surface area contributed by atoms with Gasteiger partial charge in [-0.15, -0.1) is 0 Å². The number of carbonyl (C=O) groups excluding carboxylic acids is 3. The van der Waals surface area contributed by atoms with Crippen molar-refractivity contribution in [2.24, 2.45) is 5.73 Å². The SMILES string of the molecule is Cc1nc2ccccc2c(C)c1C(=O)OCC(=O)NC(N)=O. The molecule has 22 heavy (non-hydrogen) atoms. The second kappa shape index (κ2) is 6.21. The molecular weight excluding hydrogens is 286 g/mol. The van der Waals surface area contributed by atoms with Crippen LogP contribution in [-0.4, -0.2) is 29.5 Å². The topological polar surface area (TPSA) is 111 Å². The lowest BCUT2D eigenvalue weighted by atomic mass is 10.0. The molecule has 0 aliphatic rings. The summed E-state index contributed by atoms with van der Waals surface area (Å²) in [5.41, 5.74) is 7.12. The molecule has 3 amide bonds. The molecule has 0 saturated carbocycles. The van der Waals surface area contributed by atoms with Gasteiger partial charge in [-0.05, 0) is 25.5 Å². The molecule has 0 aliphatic carbocycles. The van der Waals surface area contributed by atoms with Crippen LogP contribution >= 0.6 is 0 Å². The minimum Gasteiger partial charge on any atom is -0.452 e. The second-order valence-electron chi connectivity index (χ2n) is 4.70. The summed E-state index contributed by atoms with van der Waals surface area (Å²) < 4.78 is 4.90. The van der Waals surface area contributed by atoms with Crippen molar-refractivity contribution < 1.29 is 19.1 Å². The number of ether oxygens (including phenoxy) is 1. The Labute approximate surface area is 126 Å². The van der Waals surface area contributed by atoms with Crippen molar-refractivity contribution in [3.8, 4) is 0 Å². The first-order valence-corrected chi connectivity index (χ1v) is 6.52. The quantitative estimate of drug-likeness (QED) is 0.827. The largest absolute Gasteiger partial charge is 0.452 e. The maximum absolute atomic E-state index is 12.2. The van der Waals surface area contributed by atoms with Gasteiger partial charge in [0.25, 0.3) is 5.91 Å². The number of nitrogens with one attached hydrogen (secondary N) is 1. The summed E-state index contributed by atoms with van der Waals surface area (Å²) >= 11 is 0. The lowest BCUT2D eigenvalue weighted by Gasteiger charge is -2.11. The van der Waals surface area contributed by atoms with E-state index in [0.29, 0.717) is 11.3 Å². The number of imide groups is 1. The van der Waals surface area contributed by atoms with Crippen molar-refractivity contribution in [2.75, 3.05) is 6.61 Å². The molecule has 0 bridgehead atoms. The maximum Gasteiger partial charge on any atom is 0.340 e. The van der Waals surface area contributed by atoms with E-state index in [-0.39, 0.29) is 0 Å². The Hall–Kier alpha value is -2.96. The van der Waals surface area contributed by atoms with Crippen LogP contribution in [0.15, 0.2) is 24.3 Å². The Balaban J connectivity index is 2.25. The summed E-state index contributed by atoms with van der Waals surface area (Å²) in [6.45, 7) is 2.89. The van der Waals surface area contributed by atoms with Crippen LogP contribution in [0, 0.1) is 13.8 Å². The van der Waals surface area contributed by atoms with E-state index in [1.165, 1.54) is 0 Å². The highest BCUT2D eigenvalue weighted by Gasteiger charge is 2.18. The van der Waals surface area contributed by atoms with Crippen molar-refractivity contribution in [1.82, 2.24) is 10.3 Å². The van der Waals surface area contributed by atoms with Gasteiger partial charge in [-0.2, -0.15) is 0 Å². The first-order chi connectivity index (χ1) is 10.4. The van der Waals surface area contributed by atoms with Gasteiger partial charge in [0, 0.05) is 5.39 Å². The standard InChI is InChI=1S/C15H15N3O4/c1-8-10-5-3-4-6-11(10)17-9(2)13(8)14(20)22-7-12(19)18-15(16)21/h3-6H,7H2,1-2H3,(H3,16,18,19,21). The summed E-state index contributed by atoms with van der Waals surface area (Å²) in [4.78, 5) is 38.3. The smallest absolute Gasteiger partial charge is 0.340 e. The van der Waals surface area contributed by atoms with Gasteiger partial charge in [-0.25, -0.2) is 9.59 Å². The van der Waals surface area contributed by atoms with E-state index >= 15 is 0 Å². The van der Waals surface area contributed by atoms with E-state index in [2.05, 4.69) is 4.98 Å². The highest BCUT2D eigenvalue weighted by Crippen LogP contribution is 2.23. The zero-order valence-corrected chi connectivity index (χ0v) is 12.2. The van der Waals surface area contributed by atoms with Crippen LogP contribution in [0.2, 0.25) is 0 Å². The fourth-order valence-electron chi connectivity index (χ4n) is 2.21. The molecule has 0 radical (unpaired) electrons. The number of primary amides is 1. The number of hydrogen-bond acceptors (Lipinski definition) is 5. The zero-order valence-electron chi connectivity index (χ0n) is 12.2. The van der Waals surface area contributed by atoms with Gasteiger partial charge in [0.15, 0.2) is 6.61 Å². The first kappa shape index (κ1) is 15.4. The Morgan fingerprint density at radius 2 is 1.91 bits per heavy atom. The van der Waals surface area contributed by atoms with Gasteiger partial charge in [0.05, 0.1) is 16.8 Å². The predicted molar refractivity (Wildman–Crippen MR) is 79.2 cm³/mol. The molecule has 1 aromatic carbocycles. The number of urea groups is 1. The minimum absolute atomic E-state index is 0.311. The molecular formula is C15H15N3O4. The molecule has 0 unspecified atom stereocenters. The van der Waals surface area contributed by atoms with Gasteiger partial charge in [0.2, 0.25) is 0 Å². The van der Waals surface area contributed by atoms with Gasteiger partial charge in [-0.1, -0.05) is 18.2 Å². The number of benzene rings is 1. The van der Waals surface area contributed by atoms with Crippen molar-refractivity contribution in [1.29, 1.82) is 0 Å². The van der Waals surface area contributed by atoms with Crippen LogP contribution < -0.4 is 11.1 Å². The number of pyridine rings is 1. The molecule has 0 atom stereocenters. The van der Waals surface area contributed by atoms with E-state index in [0.717, 1.165) is 16.5 Å². The van der Waals surface area contributed by atoms with Crippen molar-refractivity contribution in [3.05, 3.63) is 41.1 Å². The molecule has 7 heteroatoms. The number of aromatic nitrogens is 1. The third kappa shape index (κ3) is 3.20. The summed E-state index contributed by atoms with van der Waals surface area (Å²) in [6.07, 6.45) is 0. The summed E-state index contributed by atoms with van der Waals surface area (Å²) in [6, 6.07) is 6.42. The Kier molecular flexibility index (Phi) is 4.36. The highest BCUT2D eigenvalue weighted by atomic mass is 16.5. The average molecular weight is 301 g/mol. The van der Waals surface area contributed by atoms with Crippen LogP contribution in [-0.2, 0) is 9.53 Å². The Morgan fingerprint density at radius 1 is 1.23 bits per heavy atom. The molecule has 2 rings (SSSR count). The van der Waals surface area contributed by atoms with Crippen LogP contribution in [0.25, 0.3) is 10.9 Å². The number of nitrogens with two attached hydrogens (primary N) is 1. The first-order valence-electron chi connectivity index (χ1n) is 6.52. The molecule has 1 aromatic heterocycles. The van der Waals surface area contributed by atoms with E-state index < -0.39 is 24.5 Å². The fourth-order valence-corrected chi connectivity index (χ4v) is 2.21. The number of para-hydroxylation sites is 1. The molecule has 114 valence electrons. The van der Waals surface area contributed by atoms with Crippen molar-refractivity contribution >= 4 is 28.8 Å². The predicted octanol–water partition coefficient (Wildman–Crippen LogP) is 1.20. The van der Waals surface area contributed by atoms with Crippen LogP contribution in [0.3, 0.4) is 0 Å².